The van der Waals surface area contributed by atoms with Crippen molar-refractivity contribution in [3.8, 4) is 0 Å². The molecule has 0 bridgehead atoms. The van der Waals surface area contributed by atoms with Gasteiger partial charge in [0.25, 0.3) is 0 Å². The van der Waals surface area contributed by atoms with Crippen molar-refractivity contribution in [3.05, 3.63) is 27.7 Å². The van der Waals surface area contributed by atoms with Gasteiger partial charge in [0.2, 0.25) is 10.0 Å². The second kappa shape index (κ2) is 5.43. The molecule has 2 rings (SSSR count). The van der Waals surface area contributed by atoms with Gasteiger partial charge in [-0.3, -0.25) is 4.79 Å². The van der Waals surface area contributed by atoms with E-state index in [2.05, 4.69) is 0 Å². The molecule has 1 unspecified atom stereocenters. The summed E-state index contributed by atoms with van der Waals surface area (Å²) in [7, 11) is -3.92. The van der Waals surface area contributed by atoms with Crippen LogP contribution in [-0.2, 0) is 14.8 Å². The zero-order chi connectivity index (χ0) is 16.0. The van der Waals surface area contributed by atoms with Crippen LogP contribution < -0.4 is 0 Å². The van der Waals surface area contributed by atoms with Crippen molar-refractivity contribution in [2.75, 3.05) is 13.1 Å². The van der Waals surface area contributed by atoms with E-state index in [-0.39, 0.29) is 34.5 Å². The highest BCUT2D eigenvalue weighted by Crippen LogP contribution is 2.38. The highest BCUT2D eigenvalue weighted by atomic mass is 35.5. The summed E-state index contributed by atoms with van der Waals surface area (Å²) in [6.07, 6.45) is 0.253. The van der Waals surface area contributed by atoms with Gasteiger partial charge in [-0.05, 0) is 31.9 Å². The molecule has 1 saturated heterocycles. The molecule has 21 heavy (non-hydrogen) atoms. The number of hydrogen-bond donors (Lipinski definition) is 1. The summed E-state index contributed by atoms with van der Waals surface area (Å²) in [5, 5.41) is 9.32. The van der Waals surface area contributed by atoms with Crippen molar-refractivity contribution < 1.29 is 18.3 Å². The highest BCUT2D eigenvalue weighted by molar-refractivity contribution is 7.89. The molecule has 0 aromatic heterocycles. The Morgan fingerprint density at radius 2 is 2.00 bits per heavy atom. The molecule has 1 aromatic rings. The summed E-state index contributed by atoms with van der Waals surface area (Å²) in [5.41, 5.74) is -0.490. The first kappa shape index (κ1) is 16.5. The van der Waals surface area contributed by atoms with Crippen LogP contribution in [0.4, 0.5) is 0 Å². The minimum Gasteiger partial charge on any atom is -0.481 e. The van der Waals surface area contributed by atoms with E-state index in [4.69, 9.17) is 23.2 Å². The van der Waals surface area contributed by atoms with Crippen LogP contribution in [0, 0.1) is 12.3 Å². The van der Waals surface area contributed by atoms with Gasteiger partial charge in [0.1, 0.15) is 4.90 Å². The maximum absolute atomic E-state index is 12.7. The largest absolute Gasteiger partial charge is 0.481 e. The minimum absolute atomic E-state index is 0.0366. The molecule has 8 heteroatoms. The van der Waals surface area contributed by atoms with Crippen molar-refractivity contribution in [1.29, 1.82) is 0 Å². The number of halogens is 2. The van der Waals surface area contributed by atoms with Crippen LogP contribution in [0.1, 0.15) is 18.9 Å². The average Bonchev–Trinajstić information content (AvgIpc) is 2.79. The van der Waals surface area contributed by atoms with E-state index in [1.807, 2.05) is 0 Å². The van der Waals surface area contributed by atoms with E-state index in [1.54, 1.807) is 13.0 Å². The quantitative estimate of drug-likeness (QED) is 0.908. The van der Waals surface area contributed by atoms with E-state index in [1.165, 1.54) is 13.0 Å². The van der Waals surface area contributed by atoms with Crippen LogP contribution in [0.3, 0.4) is 0 Å². The Hall–Kier alpha value is -0.820. The topological polar surface area (TPSA) is 74.7 Å². The molecule has 5 nitrogen and oxygen atoms in total. The lowest BCUT2D eigenvalue weighted by molar-refractivity contribution is -0.146. The Kier molecular flexibility index (Phi) is 4.28. The molecule has 1 aliphatic rings. The fourth-order valence-electron chi connectivity index (χ4n) is 2.30. The first-order valence-corrected chi connectivity index (χ1v) is 8.47. The van der Waals surface area contributed by atoms with Gasteiger partial charge >= 0.3 is 5.97 Å². The second-order valence-corrected chi connectivity index (χ2v) is 8.12. The first-order valence-electron chi connectivity index (χ1n) is 6.28. The van der Waals surface area contributed by atoms with Crippen molar-refractivity contribution in [3.63, 3.8) is 0 Å². The normalized spacial score (nSPS) is 23.4. The molecule has 1 aromatic carbocycles. The van der Waals surface area contributed by atoms with Crippen LogP contribution >= 0.6 is 23.2 Å². The van der Waals surface area contributed by atoms with Crippen molar-refractivity contribution >= 4 is 39.2 Å². The fourth-order valence-corrected chi connectivity index (χ4v) is 5.00. The molecule has 1 fully saturated rings. The number of carboxylic acids is 1. The van der Waals surface area contributed by atoms with E-state index in [9.17, 15) is 18.3 Å². The Labute approximate surface area is 133 Å². The van der Waals surface area contributed by atoms with Crippen molar-refractivity contribution in [2.24, 2.45) is 5.41 Å². The molecule has 0 aliphatic carbocycles. The predicted octanol–water partition coefficient (Wildman–Crippen LogP) is 2.79. The zero-order valence-corrected chi connectivity index (χ0v) is 13.9. The van der Waals surface area contributed by atoms with Crippen LogP contribution in [-0.4, -0.2) is 36.9 Å². The first-order chi connectivity index (χ1) is 9.59. The molecule has 1 atom stereocenters. The number of aliphatic carboxylic acids is 1. The van der Waals surface area contributed by atoms with Crippen LogP contribution in [0.25, 0.3) is 0 Å². The Morgan fingerprint density at radius 1 is 1.38 bits per heavy atom. The number of sulfonamides is 1. The summed E-state index contributed by atoms with van der Waals surface area (Å²) >= 11 is 12.1. The number of benzene rings is 1. The van der Waals surface area contributed by atoms with Crippen LogP contribution in [0.2, 0.25) is 10.0 Å². The van der Waals surface area contributed by atoms with Crippen molar-refractivity contribution in [2.45, 2.75) is 25.2 Å². The predicted molar refractivity (Wildman–Crippen MR) is 80.3 cm³/mol. The molecular weight excluding hydrogens is 337 g/mol. The molecule has 0 spiro atoms. The average molecular weight is 352 g/mol. The lowest BCUT2D eigenvalue weighted by atomic mass is 9.90. The molecular formula is C13H15Cl2NO4S. The molecule has 0 radical (unpaired) electrons. The number of carboxylic acid groups (broad SMARTS) is 1. The molecule has 0 saturated carbocycles. The number of hydrogen-bond acceptors (Lipinski definition) is 3. The Bertz CT molecular complexity index is 704. The highest BCUT2D eigenvalue weighted by Gasteiger charge is 2.45. The van der Waals surface area contributed by atoms with Gasteiger partial charge in [-0.1, -0.05) is 29.3 Å². The lowest BCUT2D eigenvalue weighted by Gasteiger charge is -2.21. The summed E-state index contributed by atoms with van der Waals surface area (Å²) < 4.78 is 26.5. The third-order valence-electron chi connectivity index (χ3n) is 3.79. The van der Waals surface area contributed by atoms with Gasteiger partial charge in [-0.25, -0.2) is 8.42 Å². The monoisotopic (exact) mass is 351 g/mol. The van der Waals surface area contributed by atoms with E-state index in [0.29, 0.717) is 5.56 Å². The van der Waals surface area contributed by atoms with Crippen LogP contribution in [0.15, 0.2) is 17.0 Å². The van der Waals surface area contributed by atoms with Gasteiger partial charge < -0.3 is 5.11 Å². The SMILES string of the molecule is Cc1ccc(Cl)c(S(=O)(=O)N2CCC(C)(C(=O)O)C2)c1Cl. The van der Waals surface area contributed by atoms with Gasteiger partial charge in [-0.2, -0.15) is 4.31 Å². The zero-order valence-electron chi connectivity index (χ0n) is 11.6. The molecule has 1 N–H and O–H groups in total. The number of rotatable bonds is 3. The minimum atomic E-state index is -3.92. The fraction of sp³-hybridized carbons (Fsp3) is 0.462. The molecule has 1 heterocycles. The smallest absolute Gasteiger partial charge is 0.310 e. The van der Waals surface area contributed by atoms with Crippen LogP contribution in [0.5, 0.6) is 0 Å². The van der Waals surface area contributed by atoms with E-state index < -0.39 is 21.4 Å². The summed E-state index contributed by atoms with van der Waals surface area (Å²) in [5.74, 6) is -1.01. The van der Waals surface area contributed by atoms with Gasteiger partial charge in [0, 0.05) is 13.1 Å². The number of nitrogens with zero attached hydrogens (tertiary/aromatic N) is 1. The number of aryl methyl sites for hydroxylation is 1. The summed E-state index contributed by atoms with van der Waals surface area (Å²) in [6.45, 7) is 3.25. The van der Waals surface area contributed by atoms with E-state index >= 15 is 0 Å². The van der Waals surface area contributed by atoms with Gasteiger partial charge in [0.15, 0.2) is 0 Å². The van der Waals surface area contributed by atoms with E-state index in [0.717, 1.165) is 4.31 Å². The number of carbonyl (C=O) groups is 1. The maximum Gasteiger partial charge on any atom is 0.310 e. The lowest BCUT2D eigenvalue weighted by Crippen LogP contribution is -2.35. The molecule has 1 aliphatic heterocycles. The summed E-state index contributed by atoms with van der Waals surface area (Å²) in [4.78, 5) is 11.1. The third kappa shape index (κ3) is 2.77. The van der Waals surface area contributed by atoms with Gasteiger partial charge in [-0.15, -0.1) is 0 Å². The van der Waals surface area contributed by atoms with Gasteiger partial charge in [0.05, 0.1) is 15.5 Å². The molecule has 116 valence electrons. The molecule has 0 amide bonds. The third-order valence-corrected chi connectivity index (χ3v) is 6.75. The standard InChI is InChI=1S/C13H15Cl2NO4S/c1-8-3-4-9(14)11(10(8)15)21(19,20)16-6-5-13(2,7-16)12(17)18/h3-4H,5-7H2,1-2H3,(H,17,18). The Morgan fingerprint density at radius 3 is 2.52 bits per heavy atom. The Balaban J connectivity index is 2.46. The second-order valence-electron chi connectivity index (χ2n) is 5.46. The summed E-state index contributed by atoms with van der Waals surface area (Å²) in [6, 6.07) is 3.11. The maximum atomic E-state index is 12.7. The van der Waals surface area contributed by atoms with Crippen molar-refractivity contribution in [1.82, 2.24) is 4.31 Å².